The molecule has 1 aromatic heterocycles. The van der Waals surface area contributed by atoms with Crippen LogP contribution in [0.5, 0.6) is 0 Å². The fourth-order valence-corrected chi connectivity index (χ4v) is 4.58. The summed E-state index contributed by atoms with van der Waals surface area (Å²) in [7, 11) is 0. The minimum atomic E-state index is 0.471. The lowest BCUT2D eigenvalue weighted by atomic mass is 9.91. The maximum atomic E-state index is 5.88. The summed E-state index contributed by atoms with van der Waals surface area (Å²) in [4.78, 5) is 7.66. The van der Waals surface area contributed by atoms with Crippen LogP contribution in [0.4, 0.5) is 0 Å². The van der Waals surface area contributed by atoms with Crippen molar-refractivity contribution in [3.8, 4) is 10.6 Å². The van der Waals surface area contributed by atoms with E-state index in [1.807, 2.05) is 23.1 Å². The van der Waals surface area contributed by atoms with Crippen molar-refractivity contribution >= 4 is 23.1 Å². The molecule has 1 aliphatic carbocycles. The number of nitrogens with two attached hydrogens (primary N) is 1. The molecule has 0 bridgehead atoms. The van der Waals surface area contributed by atoms with Crippen molar-refractivity contribution in [3.05, 3.63) is 34.8 Å². The van der Waals surface area contributed by atoms with Crippen molar-refractivity contribution in [1.29, 1.82) is 0 Å². The second-order valence-electron chi connectivity index (χ2n) is 5.11. The summed E-state index contributed by atoms with van der Waals surface area (Å²) in [6.45, 7) is 2.91. The van der Waals surface area contributed by atoms with Crippen LogP contribution in [0.25, 0.3) is 10.6 Å². The first-order chi connectivity index (χ1) is 9.81. The highest BCUT2D eigenvalue weighted by Crippen LogP contribution is 2.38. The Hall–Kier alpha value is -0.840. The fourth-order valence-electron chi connectivity index (χ4n) is 2.72. The van der Waals surface area contributed by atoms with E-state index in [9.17, 15) is 0 Å². The van der Waals surface area contributed by atoms with Gasteiger partial charge in [0.1, 0.15) is 5.01 Å². The number of rotatable bonds is 4. The Kier molecular flexibility index (Phi) is 4.44. The predicted octanol–water partition coefficient (Wildman–Crippen LogP) is 4.30. The number of hydrogen-bond donors (Lipinski definition) is 1. The molecule has 1 atom stereocenters. The SMILES string of the molecule is CCSc1ccc(-c2nc3c(s2)CCCC3CN)cc1. The lowest BCUT2D eigenvalue weighted by Gasteiger charge is -2.18. The third-order valence-electron chi connectivity index (χ3n) is 3.77. The summed E-state index contributed by atoms with van der Waals surface area (Å²) in [6.07, 6.45) is 3.62. The van der Waals surface area contributed by atoms with Crippen LogP contribution in [0.2, 0.25) is 0 Å². The Morgan fingerprint density at radius 3 is 2.85 bits per heavy atom. The Labute approximate surface area is 128 Å². The normalized spacial score (nSPS) is 18.0. The van der Waals surface area contributed by atoms with Gasteiger partial charge >= 0.3 is 0 Å². The van der Waals surface area contributed by atoms with Crippen LogP contribution in [0.15, 0.2) is 29.2 Å². The monoisotopic (exact) mass is 304 g/mol. The molecule has 0 spiro atoms. The van der Waals surface area contributed by atoms with Crippen molar-refractivity contribution in [3.63, 3.8) is 0 Å². The molecule has 4 heteroatoms. The van der Waals surface area contributed by atoms with E-state index in [2.05, 4.69) is 31.2 Å². The van der Waals surface area contributed by atoms with Gasteiger partial charge in [0, 0.05) is 27.8 Å². The van der Waals surface area contributed by atoms with Crippen molar-refractivity contribution in [2.24, 2.45) is 5.73 Å². The molecular formula is C16H20N2S2. The maximum Gasteiger partial charge on any atom is 0.123 e. The molecule has 106 valence electrons. The lowest BCUT2D eigenvalue weighted by Crippen LogP contribution is -2.17. The molecule has 0 saturated heterocycles. The van der Waals surface area contributed by atoms with E-state index in [4.69, 9.17) is 10.7 Å². The van der Waals surface area contributed by atoms with Crippen molar-refractivity contribution in [2.75, 3.05) is 12.3 Å². The van der Waals surface area contributed by atoms with Crippen LogP contribution < -0.4 is 5.73 Å². The van der Waals surface area contributed by atoms with Crippen molar-refractivity contribution in [2.45, 2.75) is 37.0 Å². The second kappa shape index (κ2) is 6.29. The first kappa shape index (κ1) is 14.1. The fraction of sp³-hybridized carbons (Fsp3) is 0.438. The van der Waals surface area contributed by atoms with Crippen molar-refractivity contribution < 1.29 is 0 Å². The first-order valence-corrected chi connectivity index (χ1v) is 9.05. The van der Waals surface area contributed by atoms with Gasteiger partial charge in [0.15, 0.2) is 0 Å². The molecule has 1 heterocycles. The van der Waals surface area contributed by atoms with Gasteiger partial charge < -0.3 is 5.73 Å². The zero-order valence-corrected chi connectivity index (χ0v) is 13.4. The number of aryl methyl sites for hydroxylation is 1. The van der Waals surface area contributed by atoms with Gasteiger partial charge in [0.2, 0.25) is 0 Å². The smallest absolute Gasteiger partial charge is 0.123 e. The molecule has 3 rings (SSSR count). The Morgan fingerprint density at radius 2 is 2.15 bits per heavy atom. The van der Waals surface area contributed by atoms with Crippen molar-refractivity contribution in [1.82, 2.24) is 4.98 Å². The molecule has 1 aromatic carbocycles. The predicted molar refractivity (Wildman–Crippen MR) is 88.7 cm³/mol. The molecule has 1 aliphatic rings. The highest BCUT2D eigenvalue weighted by Gasteiger charge is 2.23. The molecule has 1 unspecified atom stereocenters. The maximum absolute atomic E-state index is 5.88. The molecule has 0 radical (unpaired) electrons. The number of thioether (sulfide) groups is 1. The van der Waals surface area contributed by atoms with Crippen LogP contribution in [0, 0.1) is 0 Å². The summed E-state index contributed by atoms with van der Waals surface area (Å²) in [5, 5.41) is 1.16. The van der Waals surface area contributed by atoms with Crippen LogP contribution in [-0.4, -0.2) is 17.3 Å². The van der Waals surface area contributed by atoms with E-state index in [0.29, 0.717) is 5.92 Å². The summed E-state index contributed by atoms with van der Waals surface area (Å²) in [5.74, 6) is 1.59. The highest BCUT2D eigenvalue weighted by atomic mass is 32.2. The van der Waals surface area contributed by atoms with Crippen LogP contribution in [-0.2, 0) is 6.42 Å². The Morgan fingerprint density at radius 1 is 1.35 bits per heavy atom. The molecule has 0 fully saturated rings. The molecule has 2 aromatic rings. The highest BCUT2D eigenvalue weighted by molar-refractivity contribution is 7.99. The van der Waals surface area contributed by atoms with Crippen LogP contribution >= 0.6 is 23.1 Å². The van der Waals surface area contributed by atoms with Crippen LogP contribution in [0.1, 0.15) is 36.3 Å². The number of thiazole rings is 1. The molecule has 0 amide bonds. The average Bonchev–Trinajstić information content (AvgIpc) is 2.92. The van der Waals surface area contributed by atoms with Gasteiger partial charge in [-0.15, -0.1) is 23.1 Å². The average molecular weight is 304 g/mol. The Bertz CT molecular complexity index is 575. The molecule has 0 aliphatic heterocycles. The van der Waals surface area contributed by atoms with E-state index >= 15 is 0 Å². The molecule has 0 saturated carbocycles. The van der Waals surface area contributed by atoms with Gasteiger partial charge in [0.05, 0.1) is 5.69 Å². The van der Waals surface area contributed by atoms with Gasteiger partial charge in [0.25, 0.3) is 0 Å². The van der Waals surface area contributed by atoms with E-state index in [-0.39, 0.29) is 0 Å². The van der Waals surface area contributed by atoms with Gasteiger partial charge in [-0.2, -0.15) is 0 Å². The minimum absolute atomic E-state index is 0.471. The largest absolute Gasteiger partial charge is 0.330 e. The third-order valence-corrected chi connectivity index (χ3v) is 5.84. The van der Waals surface area contributed by atoms with E-state index in [1.165, 1.54) is 40.3 Å². The summed E-state index contributed by atoms with van der Waals surface area (Å²) < 4.78 is 0. The third kappa shape index (κ3) is 2.78. The zero-order valence-electron chi connectivity index (χ0n) is 11.8. The number of fused-ring (bicyclic) bond motifs is 1. The van der Waals surface area contributed by atoms with Gasteiger partial charge in [-0.25, -0.2) is 4.98 Å². The number of aromatic nitrogens is 1. The topological polar surface area (TPSA) is 38.9 Å². The van der Waals surface area contributed by atoms with Gasteiger partial charge in [-0.3, -0.25) is 0 Å². The summed E-state index contributed by atoms with van der Waals surface area (Å²) >= 11 is 3.73. The summed E-state index contributed by atoms with van der Waals surface area (Å²) in [6, 6.07) is 8.79. The number of hydrogen-bond acceptors (Lipinski definition) is 4. The Balaban J connectivity index is 1.89. The summed E-state index contributed by atoms with van der Waals surface area (Å²) in [5.41, 5.74) is 8.39. The quantitative estimate of drug-likeness (QED) is 0.856. The molecule has 2 nitrogen and oxygen atoms in total. The number of benzene rings is 1. The zero-order chi connectivity index (χ0) is 13.9. The van der Waals surface area contributed by atoms with E-state index < -0.39 is 0 Å². The molecule has 20 heavy (non-hydrogen) atoms. The van der Waals surface area contributed by atoms with Crippen LogP contribution in [0.3, 0.4) is 0 Å². The lowest BCUT2D eigenvalue weighted by molar-refractivity contribution is 0.554. The van der Waals surface area contributed by atoms with E-state index in [1.54, 1.807) is 0 Å². The van der Waals surface area contributed by atoms with Gasteiger partial charge in [-0.1, -0.05) is 19.1 Å². The van der Waals surface area contributed by atoms with Gasteiger partial charge in [-0.05, 0) is 37.1 Å². The standard InChI is InChI=1S/C16H20N2S2/c1-2-19-13-8-6-11(7-9-13)16-18-15-12(10-17)4-3-5-14(15)20-16/h6-9,12H,2-5,10,17H2,1H3. The second-order valence-corrected chi connectivity index (χ2v) is 7.53. The van der Waals surface area contributed by atoms with E-state index in [0.717, 1.165) is 17.3 Å². The minimum Gasteiger partial charge on any atom is -0.330 e. The molecule has 2 N–H and O–H groups in total. The number of nitrogens with zero attached hydrogens (tertiary/aromatic N) is 1. The first-order valence-electron chi connectivity index (χ1n) is 7.24. The molecular weight excluding hydrogens is 284 g/mol.